The molecule has 0 fully saturated rings. The second-order valence-corrected chi connectivity index (χ2v) is 3.49. The molecule has 70 valence electrons. The van der Waals surface area contributed by atoms with E-state index >= 15 is 0 Å². The molecule has 0 aliphatic heterocycles. The molecule has 0 N–H and O–H groups in total. The molecule has 1 aromatic carbocycles. The molecule has 0 saturated heterocycles. The molecule has 4 heteroatoms. The molecular formula is C9H8F2OS. The summed E-state index contributed by atoms with van der Waals surface area (Å²) in [4.78, 5) is 11.0. The Kier molecular flexibility index (Phi) is 3.89. The van der Waals surface area contributed by atoms with E-state index in [0.29, 0.717) is 16.7 Å². The topological polar surface area (TPSA) is 17.1 Å². The SMILES string of the molecule is O=Cc1cccc(SCC(F)F)c1. The molecule has 0 atom stereocenters. The number of hydrogen-bond acceptors (Lipinski definition) is 2. The molecule has 0 radical (unpaired) electrons. The molecule has 0 aliphatic carbocycles. The standard InChI is InChI=1S/C9H8F2OS/c10-9(11)6-13-8-3-1-2-7(4-8)5-12/h1-5,9H,6H2. The summed E-state index contributed by atoms with van der Waals surface area (Å²) >= 11 is 1.05. The summed E-state index contributed by atoms with van der Waals surface area (Å²) in [6, 6.07) is 6.62. The van der Waals surface area contributed by atoms with Crippen molar-refractivity contribution < 1.29 is 13.6 Å². The van der Waals surface area contributed by atoms with Crippen LogP contribution in [0.4, 0.5) is 8.78 Å². The first-order valence-electron chi connectivity index (χ1n) is 3.68. The Bertz CT molecular complexity index is 289. The fraction of sp³-hybridized carbons (Fsp3) is 0.222. The third kappa shape index (κ3) is 3.55. The summed E-state index contributed by atoms with van der Waals surface area (Å²) in [6.45, 7) is 0. The van der Waals surface area contributed by atoms with Gasteiger partial charge in [0.2, 0.25) is 6.43 Å². The monoisotopic (exact) mass is 202 g/mol. The maximum Gasteiger partial charge on any atom is 0.247 e. The lowest BCUT2D eigenvalue weighted by atomic mass is 10.2. The first kappa shape index (κ1) is 10.2. The van der Waals surface area contributed by atoms with E-state index in [0.717, 1.165) is 11.8 Å². The lowest BCUT2D eigenvalue weighted by molar-refractivity contribution is 0.112. The van der Waals surface area contributed by atoms with E-state index in [1.54, 1.807) is 24.3 Å². The lowest BCUT2D eigenvalue weighted by Crippen LogP contribution is -1.93. The van der Waals surface area contributed by atoms with Crippen molar-refractivity contribution in [3.05, 3.63) is 29.8 Å². The van der Waals surface area contributed by atoms with Gasteiger partial charge in [-0.3, -0.25) is 4.79 Å². The number of alkyl halides is 2. The molecule has 1 rings (SSSR count). The van der Waals surface area contributed by atoms with Gasteiger partial charge in [-0.25, -0.2) is 8.78 Å². The van der Waals surface area contributed by atoms with Crippen LogP contribution < -0.4 is 0 Å². The summed E-state index contributed by atoms with van der Waals surface area (Å²) in [5, 5.41) is 0. The van der Waals surface area contributed by atoms with E-state index in [4.69, 9.17) is 0 Å². The van der Waals surface area contributed by atoms with Gasteiger partial charge in [-0.15, -0.1) is 11.8 Å². The summed E-state index contributed by atoms with van der Waals surface area (Å²) in [5.74, 6) is -0.234. The molecule has 0 aliphatic rings. The second-order valence-electron chi connectivity index (χ2n) is 2.39. The van der Waals surface area contributed by atoms with Gasteiger partial charge in [0.05, 0.1) is 5.75 Å². The zero-order chi connectivity index (χ0) is 9.68. The fourth-order valence-electron chi connectivity index (χ4n) is 0.837. The van der Waals surface area contributed by atoms with Crippen molar-refractivity contribution in [2.24, 2.45) is 0 Å². The van der Waals surface area contributed by atoms with Crippen molar-refractivity contribution in [2.45, 2.75) is 11.3 Å². The number of carbonyl (C=O) groups excluding carboxylic acids is 1. The highest BCUT2D eigenvalue weighted by Gasteiger charge is 2.03. The Morgan fingerprint density at radius 3 is 2.85 bits per heavy atom. The number of thioether (sulfide) groups is 1. The van der Waals surface area contributed by atoms with Crippen LogP contribution in [-0.4, -0.2) is 18.5 Å². The van der Waals surface area contributed by atoms with Crippen molar-refractivity contribution in [1.82, 2.24) is 0 Å². The van der Waals surface area contributed by atoms with Crippen LogP contribution in [-0.2, 0) is 0 Å². The van der Waals surface area contributed by atoms with E-state index in [-0.39, 0.29) is 5.75 Å². The maximum atomic E-state index is 11.8. The van der Waals surface area contributed by atoms with Crippen LogP contribution in [0.1, 0.15) is 10.4 Å². The van der Waals surface area contributed by atoms with Gasteiger partial charge < -0.3 is 0 Å². The molecule has 0 aromatic heterocycles. The minimum atomic E-state index is -2.31. The molecule has 0 spiro atoms. The third-order valence-corrected chi connectivity index (χ3v) is 2.38. The molecule has 0 amide bonds. The van der Waals surface area contributed by atoms with Crippen LogP contribution >= 0.6 is 11.8 Å². The minimum Gasteiger partial charge on any atom is -0.298 e. The highest BCUT2D eigenvalue weighted by Crippen LogP contribution is 2.20. The number of rotatable bonds is 4. The van der Waals surface area contributed by atoms with Crippen molar-refractivity contribution >= 4 is 18.0 Å². The molecule has 13 heavy (non-hydrogen) atoms. The number of halogens is 2. The molecule has 0 saturated carbocycles. The van der Waals surface area contributed by atoms with Crippen molar-refractivity contribution in [1.29, 1.82) is 0 Å². The van der Waals surface area contributed by atoms with Gasteiger partial charge in [0.25, 0.3) is 0 Å². The Morgan fingerprint density at radius 2 is 2.23 bits per heavy atom. The summed E-state index contributed by atoms with van der Waals surface area (Å²) < 4.78 is 23.6. The van der Waals surface area contributed by atoms with E-state index in [1.165, 1.54) is 0 Å². The van der Waals surface area contributed by atoms with Gasteiger partial charge in [-0.1, -0.05) is 12.1 Å². The predicted molar refractivity (Wildman–Crippen MR) is 48.6 cm³/mol. The average molecular weight is 202 g/mol. The number of hydrogen-bond donors (Lipinski definition) is 0. The van der Waals surface area contributed by atoms with E-state index in [1.807, 2.05) is 0 Å². The van der Waals surface area contributed by atoms with E-state index < -0.39 is 6.43 Å². The van der Waals surface area contributed by atoms with Gasteiger partial charge in [0.15, 0.2) is 0 Å². The first-order chi connectivity index (χ1) is 6.22. The van der Waals surface area contributed by atoms with E-state index in [2.05, 4.69) is 0 Å². The van der Waals surface area contributed by atoms with Crippen molar-refractivity contribution in [3.8, 4) is 0 Å². The molecule has 0 bridgehead atoms. The number of carbonyl (C=O) groups is 1. The fourth-order valence-corrected chi connectivity index (χ4v) is 1.55. The Balaban J connectivity index is 2.61. The third-order valence-electron chi connectivity index (χ3n) is 1.37. The summed E-state index contributed by atoms with van der Waals surface area (Å²) in [6.07, 6.45) is -1.61. The highest BCUT2D eigenvalue weighted by atomic mass is 32.2. The van der Waals surface area contributed by atoms with Crippen molar-refractivity contribution in [2.75, 3.05) is 5.75 Å². The highest BCUT2D eigenvalue weighted by molar-refractivity contribution is 7.99. The largest absolute Gasteiger partial charge is 0.298 e. The van der Waals surface area contributed by atoms with Crippen LogP contribution in [0, 0.1) is 0 Å². The second kappa shape index (κ2) is 4.97. The zero-order valence-electron chi connectivity index (χ0n) is 6.74. The maximum absolute atomic E-state index is 11.8. The van der Waals surface area contributed by atoms with Crippen molar-refractivity contribution in [3.63, 3.8) is 0 Å². The minimum absolute atomic E-state index is 0.234. The Hall–Kier alpha value is -0.900. The molecule has 1 aromatic rings. The van der Waals surface area contributed by atoms with Gasteiger partial charge >= 0.3 is 0 Å². The van der Waals surface area contributed by atoms with Crippen LogP contribution in [0.3, 0.4) is 0 Å². The zero-order valence-corrected chi connectivity index (χ0v) is 7.56. The lowest BCUT2D eigenvalue weighted by Gasteiger charge is -2.00. The summed E-state index contributed by atoms with van der Waals surface area (Å²) in [5.41, 5.74) is 0.513. The van der Waals surface area contributed by atoms with Crippen LogP contribution in [0.15, 0.2) is 29.2 Å². The predicted octanol–water partition coefficient (Wildman–Crippen LogP) is 2.86. The first-order valence-corrected chi connectivity index (χ1v) is 4.67. The smallest absolute Gasteiger partial charge is 0.247 e. The van der Waals surface area contributed by atoms with Crippen LogP contribution in [0.25, 0.3) is 0 Å². The Labute approximate surface area is 79.1 Å². The van der Waals surface area contributed by atoms with E-state index in [9.17, 15) is 13.6 Å². The average Bonchev–Trinajstić information content (AvgIpc) is 2.15. The van der Waals surface area contributed by atoms with Gasteiger partial charge in [-0.2, -0.15) is 0 Å². The molecule has 0 unspecified atom stereocenters. The van der Waals surface area contributed by atoms with Crippen LogP contribution in [0.2, 0.25) is 0 Å². The summed E-state index contributed by atoms with van der Waals surface area (Å²) in [7, 11) is 0. The van der Waals surface area contributed by atoms with Gasteiger partial charge in [-0.05, 0) is 12.1 Å². The number of benzene rings is 1. The molecular weight excluding hydrogens is 194 g/mol. The van der Waals surface area contributed by atoms with Crippen LogP contribution in [0.5, 0.6) is 0 Å². The Morgan fingerprint density at radius 1 is 1.46 bits per heavy atom. The number of aldehydes is 1. The van der Waals surface area contributed by atoms with Gasteiger partial charge in [0.1, 0.15) is 6.29 Å². The molecule has 0 heterocycles. The van der Waals surface area contributed by atoms with Gasteiger partial charge in [0, 0.05) is 10.5 Å². The quantitative estimate of drug-likeness (QED) is 0.551. The normalized spacial score (nSPS) is 10.4. The molecule has 1 nitrogen and oxygen atoms in total.